The van der Waals surface area contributed by atoms with Crippen molar-refractivity contribution in [3.05, 3.63) is 76.8 Å². The van der Waals surface area contributed by atoms with Gasteiger partial charge in [0.05, 0.1) is 18.0 Å². The summed E-state index contributed by atoms with van der Waals surface area (Å²) in [6.07, 6.45) is 3.66. The molecule has 4 aromatic rings. The lowest BCUT2D eigenvalue weighted by molar-refractivity contribution is 0.214. The number of piperazine rings is 1. The lowest BCUT2D eigenvalue weighted by Crippen LogP contribution is -2.43. The number of nitrogens with one attached hydrogen (secondary N) is 5. The number of rotatable bonds is 13. The maximum Gasteiger partial charge on any atom is 0.354 e. The van der Waals surface area contributed by atoms with Crippen molar-refractivity contribution >= 4 is 17.0 Å². The van der Waals surface area contributed by atoms with E-state index in [9.17, 15) is 4.79 Å². The first kappa shape index (κ1) is 28.3. The molecule has 3 heterocycles. The second-order valence-electron chi connectivity index (χ2n) is 10.2. The van der Waals surface area contributed by atoms with Gasteiger partial charge in [0.15, 0.2) is 5.96 Å². The summed E-state index contributed by atoms with van der Waals surface area (Å²) < 4.78 is 7.76. The fourth-order valence-corrected chi connectivity index (χ4v) is 4.99. The minimum Gasteiger partial charge on any atom is -0.493 e. The van der Waals surface area contributed by atoms with Crippen LogP contribution in [0.15, 0.2) is 65.6 Å². The average molecular weight is 558 g/mol. The topological polar surface area (TPSA) is 149 Å². The number of H-pyrrole nitrogens is 1. The number of benzene rings is 2. The van der Waals surface area contributed by atoms with Gasteiger partial charge in [-0.2, -0.15) is 4.98 Å². The monoisotopic (exact) mass is 557 g/mol. The van der Waals surface area contributed by atoms with E-state index in [1.807, 2.05) is 60.8 Å². The molecule has 216 valence electrons. The molecule has 1 aliphatic rings. The maximum absolute atomic E-state index is 12.9. The van der Waals surface area contributed by atoms with Crippen molar-refractivity contribution in [1.82, 2.24) is 35.4 Å². The Morgan fingerprint density at radius 1 is 1.07 bits per heavy atom. The van der Waals surface area contributed by atoms with Gasteiger partial charge in [0, 0.05) is 63.0 Å². The number of fused-ring (bicyclic) bond motifs is 1. The van der Waals surface area contributed by atoms with Gasteiger partial charge >= 0.3 is 5.69 Å². The third-order valence-corrected chi connectivity index (χ3v) is 7.16. The smallest absolute Gasteiger partial charge is 0.354 e. The average Bonchev–Trinajstić information content (AvgIpc) is 3.40. The summed E-state index contributed by atoms with van der Waals surface area (Å²) in [7, 11) is 0. The third-order valence-electron chi connectivity index (χ3n) is 7.16. The Labute approximate surface area is 239 Å². The SMILES string of the molecule is N=C(N)NCCCNCc1ccc(-n2cc3cc(-c4ccccc4OCCCN4CCNCC4)[nH]c3nc2=O)cc1. The molecule has 0 saturated carbocycles. The van der Waals surface area contributed by atoms with E-state index in [-0.39, 0.29) is 11.6 Å². The molecule has 7 N–H and O–H groups in total. The summed E-state index contributed by atoms with van der Waals surface area (Å²) in [6, 6.07) is 17.9. The number of nitrogens with zero attached hydrogens (tertiary/aromatic N) is 3. The van der Waals surface area contributed by atoms with Crippen LogP contribution in [0, 0.1) is 5.41 Å². The van der Waals surface area contributed by atoms with Crippen molar-refractivity contribution in [2.75, 3.05) is 52.4 Å². The Morgan fingerprint density at radius 2 is 1.88 bits per heavy atom. The Balaban J connectivity index is 1.22. The van der Waals surface area contributed by atoms with Crippen molar-refractivity contribution < 1.29 is 4.74 Å². The Morgan fingerprint density at radius 3 is 2.68 bits per heavy atom. The van der Waals surface area contributed by atoms with Crippen LogP contribution in [0.4, 0.5) is 0 Å². The van der Waals surface area contributed by atoms with Gasteiger partial charge in [-0.1, -0.05) is 24.3 Å². The van der Waals surface area contributed by atoms with Gasteiger partial charge in [0.1, 0.15) is 11.4 Å². The second kappa shape index (κ2) is 13.9. The van der Waals surface area contributed by atoms with E-state index < -0.39 is 0 Å². The van der Waals surface area contributed by atoms with E-state index in [4.69, 9.17) is 15.9 Å². The van der Waals surface area contributed by atoms with Crippen molar-refractivity contribution in [2.45, 2.75) is 19.4 Å². The van der Waals surface area contributed by atoms with Gasteiger partial charge in [0.2, 0.25) is 0 Å². The molecule has 0 spiro atoms. The molecule has 0 bridgehead atoms. The number of hydrogen-bond acceptors (Lipinski definition) is 7. The van der Waals surface area contributed by atoms with Crippen molar-refractivity contribution in [3.63, 3.8) is 0 Å². The molecule has 0 atom stereocenters. The molecule has 41 heavy (non-hydrogen) atoms. The van der Waals surface area contributed by atoms with Crippen molar-refractivity contribution in [3.8, 4) is 22.7 Å². The molecule has 0 radical (unpaired) electrons. The van der Waals surface area contributed by atoms with Gasteiger partial charge in [-0.25, -0.2) is 4.79 Å². The van der Waals surface area contributed by atoms with E-state index in [0.717, 1.165) is 85.8 Å². The Kier molecular flexibility index (Phi) is 9.63. The highest BCUT2D eigenvalue weighted by Crippen LogP contribution is 2.31. The maximum atomic E-state index is 12.9. The molecule has 2 aromatic heterocycles. The van der Waals surface area contributed by atoms with Gasteiger partial charge in [-0.05, 0) is 55.3 Å². The first-order valence-electron chi connectivity index (χ1n) is 14.2. The highest BCUT2D eigenvalue weighted by Gasteiger charge is 2.13. The lowest BCUT2D eigenvalue weighted by atomic mass is 10.1. The summed E-state index contributed by atoms with van der Waals surface area (Å²) in [6.45, 7) is 8.14. The number of aromatic amines is 1. The Bertz CT molecular complexity index is 1490. The molecule has 1 saturated heterocycles. The Hall–Kier alpha value is -4.19. The van der Waals surface area contributed by atoms with Crippen LogP contribution in [-0.4, -0.2) is 77.8 Å². The van der Waals surface area contributed by atoms with Crippen molar-refractivity contribution in [1.29, 1.82) is 5.41 Å². The fourth-order valence-electron chi connectivity index (χ4n) is 4.99. The molecule has 11 nitrogen and oxygen atoms in total. The van der Waals surface area contributed by atoms with Gasteiger partial charge < -0.3 is 36.3 Å². The minimum absolute atomic E-state index is 0.00881. The standard InChI is InChI=1S/C30H39N9O2/c31-29(32)35-12-3-11-34-20-22-7-9-24(10-8-22)39-21-23-19-26(36-28(23)37-30(39)40)25-5-1-2-6-27(25)41-18-4-15-38-16-13-33-14-17-38/h1-2,5-10,19,21,33-34H,3-4,11-18,20H2,(H4,31,32,35)(H,36,37,40). The summed E-state index contributed by atoms with van der Waals surface area (Å²) >= 11 is 0. The van der Waals surface area contributed by atoms with Gasteiger partial charge in [0.25, 0.3) is 0 Å². The van der Waals surface area contributed by atoms with Crippen molar-refractivity contribution in [2.24, 2.45) is 5.73 Å². The van der Waals surface area contributed by atoms with E-state index in [1.165, 1.54) is 0 Å². The summed E-state index contributed by atoms with van der Waals surface area (Å²) in [5.74, 6) is 0.805. The van der Waals surface area contributed by atoms with E-state index in [0.29, 0.717) is 25.3 Å². The van der Waals surface area contributed by atoms with Gasteiger partial charge in [-0.3, -0.25) is 9.98 Å². The molecule has 0 aliphatic carbocycles. The van der Waals surface area contributed by atoms with Crippen LogP contribution >= 0.6 is 0 Å². The van der Waals surface area contributed by atoms with Crippen LogP contribution in [0.5, 0.6) is 5.75 Å². The second-order valence-corrected chi connectivity index (χ2v) is 10.2. The number of nitrogens with two attached hydrogens (primary N) is 1. The lowest BCUT2D eigenvalue weighted by Gasteiger charge is -2.27. The van der Waals surface area contributed by atoms with E-state index >= 15 is 0 Å². The predicted molar refractivity (Wildman–Crippen MR) is 163 cm³/mol. The number of para-hydroxylation sites is 1. The predicted octanol–water partition coefficient (Wildman–Crippen LogP) is 2.02. The molecule has 0 amide bonds. The van der Waals surface area contributed by atoms with Crippen LogP contribution in [0.1, 0.15) is 18.4 Å². The summed E-state index contributed by atoms with van der Waals surface area (Å²) in [5.41, 5.74) is 9.18. The summed E-state index contributed by atoms with van der Waals surface area (Å²) in [5, 5.41) is 17.6. The van der Waals surface area contributed by atoms with Crippen LogP contribution in [-0.2, 0) is 6.54 Å². The van der Waals surface area contributed by atoms with Crippen LogP contribution in [0.2, 0.25) is 0 Å². The largest absolute Gasteiger partial charge is 0.493 e. The molecular formula is C30H39N9O2. The first-order chi connectivity index (χ1) is 20.1. The van der Waals surface area contributed by atoms with Crippen LogP contribution < -0.4 is 32.1 Å². The quantitative estimate of drug-likeness (QED) is 0.0831. The molecular weight excluding hydrogens is 518 g/mol. The van der Waals surface area contributed by atoms with Crippen LogP contribution in [0.3, 0.4) is 0 Å². The van der Waals surface area contributed by atoms with Crippen LogP contribution in [0.25, 0.3) is 28.0 Å². The zero-order chi connectivity index (χ0) is 28.4. The zero-order valence-electron chi connectivity index (χ0n) is 23.3. The van der Waals surface area contributed by atoms with Gasteiger partial charge in [-0.15, -0.1) is 0 Å². The molecule has 2 aromatic carbocycles. The number of hydrogen-bond donors (Lipinski definition) is 6. The number of aromatic nitrogens is 3. The molecule has 0 unspecified atom stereocenters. The number of ether oxygens (including phenoxy) is 1. The van der Waals surface area contributed by atoms with E-state index in [1.54, 1.807) is 4.57 Å². The highest BCUT2D eigenvalue weighted by molar-refractivity contribution is 5.84. The zero-order valence-corrected chi connectivity index (χ0v) is 23.3. The first-order valence-corrected chi connectivity index (χ1v) is 14.2. The highest BCUT2D eigenvalue weighted by atomic mass is 16.5. The number of guanidine groups is 1. The summed E-state index contributed by atoms with van der Waals surface area (Å²) in [4.78, 5) is 23.0. The van der Waals surface area contributed by atoms with E-state index in [2.05, 4.69) is 30.8 Å². The molecule has 5 rings (SSSR count). The molecule has 11 heteroatoms. The minimum atomic E-state index is -0.341. The fraction of sp³-hybridized carbons (Fsp3) is 0.367. The molecule has 1 fully saturated rings. The molecule has 1 aliphatic heterocycles. The third kappa shape index (κ3) is 7.72. The normalized spacial score (nSPS) is 13.9.